The van der Waals surface area contributed by atoms with E-state index in [1.807, 2.05) is 42.5 Å². The third-order valence-corrected chi connectivity index (χ3v) is 6.76. The van der Waals surface area contributed by atoms with Gasteiger partial charge in [0.05, 0.1) is 0 Å². The molecule has 0 saturated carbocycles. The van der Waals surface area contributed by atoms with Gasteiger partial charge in [-0.15, -0.1) is 0 Å². The Morgan fingerprint density at radius 3 is 0.925 bits per heavy atom. The molecule has 0 N–H and O–H groups in total. The van der Waals surface area contributed by atoms with Gasteiger partial charge in [-0.2, -0.15) is 0 Å². The number of anilines is 6. The Balaban J connectivity index is 1.24. The second kappa shape index (κ2) is 11.6. The van der Waals surface area contributed by atoms with Gasteiger partial charge in [0.15, 0.2) is 0 Å². The van der Waals surface area contributed by atoms with Crippen molar-refractivity contribution in [3.8, 4) is 11.5 Å². The van der Waals surface area contributed by atoms with Crippen LogP contribution in [-0.2, 0) is 0 Å². The van der Waals surface area contributed by atoms with Gasteiger partial charge in [-0.05, 0) is 104 Å². The zero-order chi connectivity index (χ0) is 27.1. The van der Waals surface area contributed by atoms with Crippen LogP contribution in [0.4, 0.5) is 34.1 Å². The summed E-state index contributed by atoms with van der Waals surface area (Å²) >= 11 is 0. The van der Waals surface area contributed by atoms with Crippen LogP contribution >= 0.6 is 0 Å². The molecule has 40 heavy (non-hydrogen) atoms. The van der Waals surface area contributed by atoms with Gasteiger partial charge in [-0.25, -0.2) is 0 Å². The first-order valence-electron chi connectivity index (χ1n) is 13.4. The molecule has 6 aromatic rings. The molecule has 0 aliphatic heterocycles. The van der Waals surface area contributed by atoms with E-state index in [0.717, 1.165) is 45.6 Å². The molecule has 0 unspecified atom stereocenters. The van der Waals surface area contributed by atoms with Crippen molar-refractivity contribution < 1.29 is 4.74 Å². The molecular weight excluding hydrogens is 488 g/mol. The minimum atomic E-state index is 0.788. The van der Waals surface area contributed by atoms with Crippen LogP contribution in [0.3, 0.4) is 0 Å². The number of para-hydroxylation sites is 3. The fraction of sp³-hybridized carbons (Fsp3) is 0.0270. The van der Waals surface area contributed by atoms with E-state index in [1.165, 1.54) is 5.56 Å². The molecule has 0 atom stereocenters. The van der Waals surface area contributed by atoms with E-state index < -0.39 is 0 Å². The van der Waals surface area contributed by atoms with Gasteiger partial charge in [-0.1, -0.05) is 72.3 Å². The average molecular weight is 519 g/mol. The number of ether oxygens (including phenoxy) is 1. The van der Waals surface area contributed by atoms with Crippen molar-refractivity contribution in [3.05, 3.63) is 169 Å². The van der Waals surface area contributed by atoms with Gasteiger partial charge >= 0.3 is 0 Å². The summed E-state index contributed by atoms with van der Waals surface area (Å²) in [4.78, 5) is 4.49. The summed E-state index contributed by atoms with van der Waals surface area (Å²) in [7, 11) is 0. The first kappa shape index (κ1) is 25.0. The molecule has 6 aromatic carbocycles. The van der Waals surface area contributed by atoms with Gasteiger partial charge in [0.25, 0.3) is 0 Å². The maximum atomic E-state index is 6.25. The molecule has 0 aromatic heterocycles. The highest BCUT2D eigenvalue weighted by Crippen LogP contribution is 2.37. The zero-order valence-electron chi connectivity index (χ0n) is 22.4. The maximum absolute atomic E-state index is 6.25. The Bertz CT molecular complexity index is 1590. The van der Waals surface area contributed by atoms with E-state index in [0.29, 0.717) is 0 Å². The first-order chi connectivity index (χ1) is 19.7. The van der Waals surface area contributed by atoms with Crippen LogP contribution in [0.1, 0.15) is 5.56 Å². The van der Waals surface area contributed by atoms with E-state index in [9.17, 15) is 0 Å². The Morgan fingerprint density at radius 1 is 0.325 bits per heavy atom. The Kier molecular flexibility index (Phi) is 7.27. The minimum absolute atomic E-state index is 0.788. The molecule has 0 bridgehead atoms. The highest BCUT2D eigenvalue weighted by atomic mass is 16.5. The predicted molar refractivity (Wildman–Crippen MR) is 167 cm³/mol. The van der Waals surface area contributed by atoms with E-state index >= 15 is 0 Å². The molecule has 0 heterocycles. The molecule has 0 fully saturated rings. The lowest BCUT2D eigenvalue weighted by Gasteiger charge is -2.26. The number of rotatable bonds is 8. The molecule has 3 heteroatoms. The standard InChI is InChI=1S/C37H30N2O/c1-29-17-19-33(20-18-29)39(32-15-9-4-10-16-32)35-23-27-37(28-24-35)40-36-25-21-34(22-26-36)38(30-11-5-2-6-12-30)31-13-7-3-8-14-31/h2-28H,1H3. The van der Waals surface area contributed by atoms with Crippen LogP contribution < -0.4 is 14.5 Å². The Labute approximate surface area is 236 Å². The minimum Gasteiger partial charge on any atom is -0.457 e. The molecule has 6 rings (SSSR count). The summed E-state index contributed by atoms with van der Waals surface area (Å²) < 4.78 is 6.25. The fourth-order valence-corrected chi connectivity index (χ4v) is 4.78. The van der Waals surface area contributed by atoms with E-state index in [2.05, 4.69) is 138 Å². The highest BCUT2D eigenvalue weighted by Gasteiger charge is 2.14. The smallest absolute Gasteiger partial charge is 0.127 e. The largest absolute Gasteiger partial charge is 0.457 e. The number of nitrogens with zero attached hydrogens (tertiary/aromatic N) is 2. The lowest BCUT2D eigenvalue weighted by molar-refractivity contribution is 0.483. The lowest BCUT2D eigenvalue weighted by Crippen LogP contribution is -2.09. The van der Waals surface area contributed by atoms with Crippen molar-refractivity contribution in [2.24, 2.45) is 0 Å². The van der Waals surface area contributed by atoms with Crippen LogP contribution in [0, 0.1) is 6.92 Å². The highest BCUT2D eigenvalue weighted by molar-refractivity contribution is 5.78. The zero-order valence-corrected chi connectivity index (χ0v) is 22.4. The van der Waals surface area contributed by atoms with Gasteiger partial charge < -0.3 is 14.5 Å². The normalized spacial score (nSPS) is 10.6. The van der Waals surface area contributed by atoms with Crippen LogP contribution in [0.15, 0.2) is 164 Å². The van der Waals surface area contributed by atoms with Crippen molar-refractivity contribution >= 4 is 34.1 Å². The Hall–Kier alpha value is -5.28. The van der Waals surface area contributed by atoms with Crippen molar-refractivity contribution in [1.29, 1.82) is 0 Å². The molecule has 194 valence electrons. The summed E-state index contributed by atoms with van der Waals surface area (Å²) in [5.41, 5.74) is 7.81. The quantitative estimate of drug-likeness (QED) is 0.199. The summed E-state index contributed by atoms with van der Waals surface area (Å²) in [6.45, 7) is 2.11. The molecule has 0 saturated heterocycles. The topological polar surface area (TPSA) is 15.7 Å². The van der Waals surface area contributed by atoms with Crippen LogP contribution in [-0.4, -0.2) is 0 Å². The summed E-state index contributed by atoms with van der Waals surface area (Å²) in [5.74, 6) is 1.58. The summed E-state index contributed by atoms with van der Waals surface area (Å²) in [6.07, 6.45) is 0. The SMILES string of the molecule is Cc1ccc(N(c2ccccc2)c2ccc(Oc3ccc(N(c4ccccc4)c4ccccc4)cc3)cc2)cc1. The molecule has 0 radical (unpaired) electrons. The van der Waals surface area contributed by atoms with Crippen molar-refractivity contribution in [2.45, 2.75) is 6.92 Å². The third kappa shape index (κ3) is 5.59. The summed E-state index contributed by atoms with van der Waals surface area (Å²) in [6, 6.07) is 56.3. The van der Waals surface area contributed by atoms with Crippen molar-refractivity contribution in [3.63, 3.8) is 0 Å². The number of aryl methyl sites for hydroxylation is 1. The molecular formula is C37H30N2O. The molecule has 3 nitrogen and oxygen atoms in total. The van der Waals surface area contributed by atoms with Crippen molar-refractivity contribution in [1.82, 2.24) is 0 Å². The molecule has 0 aliphatic rings. The van der Waals surface area contributed by atoms with Gasteiger partial charge in [0, 0.05) is 34.1 Å². The van der Waals surface area contributed by atoms with Gasteiger partial charge in [0.2, 0.25) is 0 Å². The van der Waals surface area contributed by atoms with E-state index in [4.69, 9.17) is 4.74 Å². The first-order valence-corrected chi connectivity index (χ1v) is 13.4. The van der Waals surface area contributed by atoms with E-state index in [-0.39, 0.29) is 0 Å². The van der Waals surface area contributed by atoms with Crippen LogP contribution in [0.25, 0.3) is 0 Å². The summed E-state index contributed by atoms with van der Waals surface area (Å²) in [5, 5.41) is 0. The van der Waals surface area contributed by atoms with Gasteiger partial charge in [-0.3, -0.25) is 0 Å². The van der Waals surface area contributed by atoms with Crippen LogP contribution in [0.5, 0.6) is 11.5 Å². The number of hydrogen-bond acceptors (Lipinski definition) is 3. The van der Waals surface area contributed by atoms with Crippen molar-refractivity contribution in [2.75, 3.05) is 9.80 Å². The van der Waals surface area contributed by atoms with Crippen LogP contribution in [0.2, 0.25) is 0 Å². The molecule has 0 spiro atoms. The second-order valence-corrected chi connectivity index (χ2v) is 9.60. The lowest BCUT2D eigenvalue weighted by atomic mass is 10.1. The van der Waals surface area contributed by atoms with Gasteiger partial charge in [0.1, 0.15) is 11.5 Å². The third-order valence-electron chi connectivity index (χ3n) is 6.76. The molecule has 0 amide bonds. The number of benzene rings is 6. The second-order valence-electron chi connectivity index (χ2n) is 9.60. The fourth-order valence-electron chi connectivity index (χ4n) is 4.78. The monoisotopic (exact) mass is 518 g/mol. The maximum Gasteiger partial charge on any atom is 0.127 e. The number of hydrogen-bond donors (Lipinski definition) is 0. The van der Waals surface area contributed by atoms with E-state index in [1.54, 1.807) is 0 Å². The molecule has 0 aliphatic carbocycles. The average Bonchev–Trinajstić information content (AvgIpc) is 3.02. The predicted octanol–water partition coefficient (Wildman–Crippen LogP) is 10.7. The Morgan fingerprint density at radius 2 is 0.600 bits per heavy atom.